The van der Waals surface area contributed by atoms with Gasteiger partial charge in [0.1, 0.15) is 17.1 Å². The minimum Gasteiger partial charge on any atom is -0.497 e. The van der Waals surface area contributed by atoms with E-state index < -0.39 is 11.6 Å². The molecular weight excluding hydrogens is 410 g/mol. The largest absolute Gasteiger partial charge is 0.497 e. The normalized spacial score (nSPS) is 27.8. The fourth-order valence-corrected chi connectivity index (χ4v) is 5.47. The van der Waals surface area contributed by atoms with Crippen LogP contribution in [0.2, 0.25) is 0 Å². The number of carbonyl (C=O) groups is 2. The summed E-state index contributed by atoms with van der Waals surface area (Å²) in [4.78, 5) is 25.9. The van der Waals surface area contributed by atoms with Crippen LogP contribution in [0.4, 0.5) is 0 Å². The van der Waals surface area contributed by atoms with Crippen LogP contribution in [0.1, 0.15) is 64.5 Å². The fourth-order valence-electron chi connectivity index (χ4n) is 5.47. The van der Waals surface area contributed by atoms with E-state index in [2.05, 4.69) is 13.8 Å². The summed E-state index contributed by atoms with van der Waals surface area (Å²) in [6.45, 7) is 8.28. The maximum atomic E-state index is 12.6. The summed E-state index contributed by atoms with van der Waals surface area (Å²) in [5.74, 6) is 1.32. The van der Waals surface area contributed by atoms with Crippen molar-refractivity contribution in [3.8, 4) is 11.5 Å². The van der Waals surface area contributed by atoms with Crippen LogP contribution >= 0.6 is 0 Å². The van der Waals surface area contributed by atoms with Gasteiger partial charge < -0.3 is 24.2 Å². The number of amides is 1. The second-order valence-corrected chi connectivity index (χ2v) is 10.4. The quantitative estimate of drug-likeness (QED) is 0.681. The number of nitrogens with zero attached hydrogens (tertiary/aromatic N) is 1. The maximum absolute atomic E-state index is 12.6. The van der Waals surface area contributed by atoms with Gasteiger partial charge in [0.25, 0.3) is 0 Å². The Morgan fingerprint density at radius 3 is 2.69 bits per heavy atom. The molecule has 1 aromatic rings. The highest BCUT2D eigenvalue weighted by atomic mass is 16.5. The lowest BCUT2D eigenvalue weighted by molar-refractivity contribution is -0.206. The average molecular weight is 446 g/mol. The van der Waals surface area contributed by atoms with Crippen molar-refractivity contribution in [2.75, 3.05) is 26.8 Å². The molecule has 3 atom stereocenters. The summed E-state index contributed by atoms with van der Waals surface area (Å²) in [5.41, 5.74) is 0.243. The Morgan fingerprint density at radius 1 is 1.28 bits per heavy atom. The monoisotopic (exact) mass is 445 g/mol. The van der Waals surface area contributed by atoms with Crippen LogP contribution in [-0.2, 0) is 14.3 Å². The highest BCUT2D eigenvalue weighted by molar-refractivity contribution is 5.77. The Balaban J connectivity index is 1.53. The number of carboxylic acid groups (broad SMARTS) is 1. The summed E-state index contributed by atoms with van der Waals surface area (Å²) >= 11 is 0. The lowest BCUT2D eigenvalue weighted by Gasteiger charge is -2.59. The summed E-state index contributed by atoms with van der Waals surface area (Å²) in [6, 6.07) is 5.76. The molecule has 1 aromatic carbocycles. The molecule has 3 aliphatic rings. The molecule has 3 aliphatic heterocycles. The summed E-state index contributed by atoms with van der Waals surface area (Å²) in [7, 11) is 1.61. The number of likely N-dealkylation sites (tertiary alicyclic amines) is 1. The molecule has 0 aliphatic carbocycles. The van der Waals surface area contributed by atoms with Gasteiger partial charge in [0.05, 0.1) is 19.8 Å². The van der Waals surface area contributed by atoms with Crippen LogP contribution in [0.15, 0.2) is 18.2 Å². The van der Waals surface area contributed by atoms with Crippen molar-refractivity contribution in [2.45, 2.75) is 64.6 Å². The SMILES string of the molecule is COc1ccc2c(c1)O[C@](C)(CCC(=O)O)[C@H]1CC3(CO[C@H]21)CN(C(=O)CCC(C)C)C3. The van der Waals surface area contributed by atoms with Crippen LogP contribution in [0.3, 0.4) is 0 Å². The average Bonchev–Trinajstić information content (AvgIpc) is 2.74. The molecular formula is C25H35NO6. The van der Waals surface area contributed by atoms with Gasteiger partial charge >= 0.3 is 5.97 Å². The zero-order valence-corrected chi connectivity index (χ0v) is 19.6. The van der Waals surface area contributed by atoms with E-state index in [1.165, 1.54) is 0 Å². The van der Waals surface area contributed by atoms with E-state index in [4.69, 9.17) is 14.2 Å². The van der Waals surface area contributed by atoms with Gasteiger partial charge in [-0.3, -0.25) is 9.59 Å². The number of ether oxygens (including phenoxy) is 3. The van der Waals surface area contributed by atoms with Gasteiger partial charge in [0, 0.05) is 48.9 Å². The Labute approximate surface area is 190 Å². The zero-order chi connectivity index (χ0) is 23.1. The Morgan fingerprint density at radius 2 is 2.03 bits per heavy atom. The Kier molecular flexibility index (Phi) is 6.14. The first-order valence-corrected chi connectivity index (χ1v) is 11.6. The van der Waals surface area contributed by atoms with Crippen LogP contribution in [0, 0.1) is 17.3 Å². The van der Waals surface area contributed by atoms with E-state index in [-0.39, 0.29) is 29.8 Å². The van der Waals surface area contributed by atoms with Gasteiger partial charge in [-0.1, -0.05) is 13.8 Å². The fraction of sp³-hybridized carbons (Fsp3) is 0.680. The number of carbonyl (C=O) groups excluding carboxylic acids is 1. The third-order valence-corrected chi connectivity index (χ3v) is 7.42. The van der Waals surface area contributed by atoms with Crippen molar-refractivity contribution in [1.29, 1.82) is 0 Å². The molecule has 2 fully saturated rings. The van der Waals surface area contributed by atoms with E-state index in [9.17, 15) is 14.7 Å². The smallest absolute Gasteiger partial charge is 0.303 e. The molecule has 0 saturated carbocycles. The van der Waals surface area contributed by atoms with Crippen molar-refractivity contribution in [2.24, 2.45) is 17.3 Å². The molecule has 0 aromatic heterocycles. The molecule has 7 nitrogen and oxygen atoms in total. The molecule has 3 heterocycles. The summed E-state index contributed by atoms with van der Waals surface area (Å²) < 4.78 is 18.3. The molecule has 2 saturated heterocycles. The van der Waals surface area contributed by atoms with Gasteiger partial charge in [-0.2, -0.15) is 0 Å². The van der Waals surface area contributed by atoms with Crippen LogP contribution in [0.25, 0.3) is 0 Å². The van der Waals surface area contributed by atoms with Crippen molar-refractivity contribution >= 4 is 11.9 Å². The molecule has 1 N–H and O–H groups in total. The predicted molar refractivity (Wildman–Crippen MR) is 119 cm³/mol. The lowest BCUT2D eigenvalue weighted by atomic mass is 9.63. The highest BCUT2D eigenvalue weighted by Gasteiger charge is 2.57. The molecule has 0 radical (unpaired) electrons. The topological polar surface area (TPSA) is 85.3 Å². The number of benzene rings is 1. The number of methoxy groups -OCH3 is 1. The van der Waals surface area contributed by atoms with Crippen molar-refractivity contribution < 1.29 is 28.9 Å². The first-order valence-electron chi connectivity index (χ1n) is 11.6. The Bertz CT molecular complexity index is 877. The summed E-state index contributed by atoms with van der Waals surface area (Å²) in [6.07, 6.45) is 2.63. The molecule has 7 heteroatoms. The number of aliphatic carboxylic acids is 1. The molecule has 176 valence electrons. The highest BCUT2D eigenvalue weighted by Crippen LogP contribution is 2.56. The standard InChI is InChI=1S/C25H35NO6/c1-16(2)5-8-21(27)26-13-25(14-26)12-19-23(31-15-25)18-7-6-17(30-4)11-20(18)32-24(19,3)10-9-22(28)29/h6-7,11,16,19,23H,5,8-10,12-15H2,1-4H3,(H,28,29)/t19-,23+,24+/m0/s1. The number of hydrogen-bond acceptors (Lipinski definition) is 5. The molecule has 0 bridgehead atoms. The van der Waals surface area contributed by atoms with Gasteiger partial charge in [-0.05, 0) is 44.2 Å². The lowest BCUT2D eigenvalue weighted by Crippen LogP contribution is -2.65. The van der Waals surface area contributed by atoms with E-state index in [0.717, 1.165) is 18.4 Å². The van der Waals surface area contributed by atoms with Crippen molar-refractivity contribution in [1.82, 2.24) is 4.90 Å². The molecule has 1 spiro atoms. The second kappa shape index (κ2) is 8.58. The number of rotatable bonds is 7. The number of carboxylic acids is 1. The van der Waals surface area contributed by atoms with Crippen LogP contribution in [-0.4, -0.2) is 54.3 Å². The molecule has 4 rings (SSSR count). The maximum Gasteiger partial charge on any atom is 0.303 e. The Hall–Kier alpha value is -2.28. The van der Waals surface area contributed by atoms with Gasteiger partial charge in [-0.15, -0.1) is 0 Å². The van der Waals surface area contributed by atoms with Crippen LogP contribution < -0.4 is 9.47 Å². The molecule has 0 unspecified atom stereocenters. The second-order valence-electron chi connectivity index (χ2n) is 10.4. The van der Waals surface area contributed by atoms with E-state index >= 15 is 0 Å². The first kappa shape index (κ1) is 22.9. The zero-order valence-electron chi connectivity index (χ0n) is 19.6. The molecule has 32 heavy (non-hydrogen) atoms. The van der Waals surface area contributed by atoms with E-state index in [1.807, 2.05) is 30.0 Å². The summed E-state index contributed by atoms with van der Waals surface area (Å²) in [5, 5.41) is 9.33. The van der Waals surface area contributed by atoms with Gasteiger partial charge in [0.15, 0.2) is 0 Å². The van der Waals surface area contributed by atoms with E-state index in [0.29, 0.717) is 50.0 Å². The van der Waals surface area contributed by atoms with Gasteiger partial charge in [-0.25, -0.2) is 0 Å². The number of hydrogen-bond donors (Lipinski definition) is 1. The third kappa shape index (κ3) is 4.32. The van der Waals surface area contributed by atoms with Crippen LogP contribution in [0.5, 0.6) is 11.5 Å². The minimum atomic E-state index is -0.833. The minimum absolute atomic E-state index is 0.0180. The third-order valence-electron chi connectivity index (χ3n) is 7.42. The van der Waals surface area contributed by atoms with E-state index in [1.54, 1.807) is 7.11 Å². The van der Waals surface area contributed by atoms with Crippen molar-refractivity contribution in [3.63, 3.8) is 0 Å². The van der Waals surface area contributed by atoms with Gasteiger partial charge in [0.2, 0.25) is 5.91 Å². The number of fused-ring (bicyclic) bond motifs is 3. The first-order chi connectivity index (χ1) is 15.1. The predicted octanol–water partition coefficient (Wildman–Crippen LogP) is 4.05. The molecule has 1 amide bonds. The van der Waals surface area contributed by atoms with Crippen molar-refractivity contribution in [3.05, 3.63) is 23.8 Å².